The number of nitrogens with zero attached hydrogens (tertiary/aromatic N) is 2. The van der Waals surface area contributed by atoms with Crippen LogP contribution in [0.15, 0.2) is 58.5 Å². The van der Waals surface area contributed by atoms with Crippen molar-refractivity contribution in [3.8, 4) is 0 Å². The van der Waals surface area contributed by atoms with Gasteiger partial charge in [-0.25, -0.2) is 13.4 Å². The highest BCUT2D eigenvalue weighted by Gasteiger charge is 2.23. The van der Waals surface area contributed by atoms with Gasteiger partial charge in [0.1, 0.15) is 10.8 Å². The Hall–Kier alpha value is -2.58. The number of anilines is 3. The summed E-state index contributed by atoms with van der Waals surface area (Å²) in [6.45, 7) is 9.33. The van der Waals surface area contributed by atoms with Crippen LogP contribution in [-0.4, -0.2) is 29.7 Å². The van der Waals surface area contributed by atoms with E-state index in [1.54, 1.807) is 38.1 Å². The Morgan fingerprint density at radius 3 is 2.50 bits per heavy atom. The first-order valence-electron chi connectivity index (χ1n) is 10.5. The molecule has 32 heavy (non-hydrogen) atoms. The number of hydrogen-bond acceptors (Lipinski definition) is 7. The molecule has 1 aromatic carbocycles. The molecule has 0 unspecified atom stereocenters. The molecule has 1 aliphatic rings. The maximum absolute atomic E-state index is 12.8. The second-order valence-corrected chi connectivity index (χ2v) is 11.1. The van der Waals surface area contributed by atoms with Crippen LogP contribution in [0.25, 0.3) is 0 Å². The zero-order valence-electron chi connectivity index (χ0n) is 18.9. The summed E-state index contributed by atoms with van der Waals surface area (Å²) < 4.78 is 31.5. The molecule has 0 amide bonds. The maximum atomic E-state index is 12.8. The minimum Gasteiger partial charge on any atom is -0.489 e. The number of aromatic nitrogens is 2. The van der Waals surface area contributed by atoms with E-state index < -0.39 is 15.1 Å². The van der Waals surface area contributed by atoms with Gasteiger partial charge in [-0.05, 0) is 65.7 Å². The molecular formula is C23H29ClN4O3S. The third-order valence-corrected chi connectivity index (χ3v) is 7.37. The lowest BCUT2D eigenvalue weighted by Gasteiger charge is -2.22. The van der Waals surface area contributed by atoms with Gasteiger partial charge in [0.15, 0.2) is 15.7 Å². The lowest BCUT2D eigenvalue weighted by molar-refractivity contribution is 0.153. The van der Waals surface area contributed by atoms with E-state index in [0.717, 1.165) is 24.3 Å². The SMILES string of the molecule is CC1=CC(OC(C)C)=C(Nc2ncc(Cl)c(Nc3ccccc3S(=O)(=O)C(C)C)n2)CC1. The van der Waals surface area contributed by atoms with Crippen LogP contribution in [0, 0.1) is 0 Å². The van der Waals surface area contributed by atoms with Crippen LogP contribution >= 0.6 is 11.6 Å². The molecule has 1 heterocycles. The van der Waals surface area contributed by atoms with E-state index in [9.17, 15) is 8.42 Å². The molecule has 2 N–H and O–H groups in total. The third kappa shape index (κ3) is 5.61. The van der Waals surface area contributed by atoms with E-state index in [2.05, 4.69) is 27.5 Å². The molecule has 2 aromatic rings. The standard InChI is InChI=1S/C23H29ClN4O3S/c1-14(2)31-20-12-16(5)10-11-18(20)27-23-25-13-17(24)22(28-23)26-19-8-6-7-9-21(19)32(29,30)15(3)4/h6-9,12-15H,10-11H2,1-5H3,(H2,25,26,27,28). The van der Waals surface area contributed by atoms with Gasteiger partial charge in [0.2, 0.25) is 5.95 Å². The summed E-state index contributed by atoms with van der Waals surface area (Å²) in [5, 5.41) is 6.03. The number of sulfone groups is 1. The molecule has 9 heteroatoms. The summed E-state index contributed by atoms with van der Waals surface area (Å²) in [6.07, 6.45) is 5.22. The van der Waals surface area contributed by atoms with Gasteiger partial charge in [-0.2, -0.15) is 4.98 Å². The Labute approximate surface area is 194 Å². The molecule has 1 aromatic heterocycles. The van der Waals surface area contributed by atoms with Crippen LogP contribution in [0.3, 0.4) is 0 Å². The van der Waals surface area contributed by atoms with Crippen molar-refractivity contribution in [3.63, 3.8) is 0 Å². The van der Waals surface area contributed by atoms with E-state index in [0.29, 0.717) is 17.5 Å². The molecule has 3 rings (SSSR count). The zero-order chi connectivity index (χ0) is 23.5. The molecule has 1 aliphatic carbocycles. The van der Waals surface area contributed by atoms with E-state index in [-0.39, 0.29) is 16.0 Å². The summed E-state index contributed by atoms with van der Waals surface area (Å²) >= 11 is 6.32. The fourth-order valence-electron chi connectivity index (χ4n) is 3.16. The molecule has 0 bridgehead atoms. The van der Waals surface area contributed by atoms with Gasteiger partial charge in [0.25, 0.3) is 0 Å². The number of hydrogen-bond donors (Lipinski definition) is 2. The summed E-state index contributed by atoms with van der Waals surface area (Å²) in [5.74, 6) is 1.42. The molecular weight excluding hydrogens is 448 g/mol. The van der Waals surface area contributed by atoms with Crippen molar-refractivity contribution in [2.45, 2.75) is 63.7 Å². The molecule has 0 saturated carbocycles. The van der Waals surface area contributed by atoms with E-state index >= 15 is 0 Å². The number of allylic oxidation sites excluding steroid dienone is 3. The summed E-state index contributed by atoms with van der Waals surface area (Å²) in [7, 11) is -3.49. The topological polar surface area (TPSA) is 93.2 Å². The van der Waals surface area contributed by atoms with Crippen molar-refractivity contribution in [1.82, 2.24) is 9.97 Å². The van der Waals surface area contributed by atoms with Crippen LogP contribution in [0.1, 0.15) is 47.5 Å². The highest BCUT2D eigenvalue weighted by Crippen LogP contribution is 2.31. The quantitative estimate of drug-likeness (QED) is 0.494. The van der Waals surface area contributed by atoms with Gasteiger partial charge in [0.05, 0.1) is 33.8 Å². The first-order valence-corrected chi connectivity index (χ1v) is 12.5. The van der Waals surface area contributed by atoms with Gasteiger partial charge in [0, 0.05) is 0 Å². The van der Waals surface area contributed by atoms with Crippen molar-refractivity contribution in [1.29, 1.82) is 0 Å². The Balaban J connectivity index is 1.93. The van der Waals surface area contributed by atoms with Crippen LogP contribution in [-0.2, 0) is 14.6 Å². The molecule has 0 atom stereocenters. The van der Waals surface area contributed by atoms with E-state index in [1.807, 2.05) is 19.9 Å². The monoisotopic (exact) mass is 476 g/mol. The lowest BCUT2D eigenvalue weighted by Crippen LogP contribution is -2.16. The number of rotatable bonds is 8. The molecule has 0 radical (unpaired) electrons. The lowest BCUT2D eigenvalue weighted by atomic mass is 10.0. The average molecular weight is 477 g/mol. The third-order valence-electron chi connectivity index (χ3n) is 4.88. The predicted molar refractivity (Wildman–Crippen MR) is 129 cm³/mol. The van der Waals surface area contributed by atoms with Gasteiger partial charge in [-0.3, -0.25) is 0 Å². The van der Waals surface area contributed by atoms with E-state index in [1.165, 1.54) is 11.8 Å². The maximum Gasteiger partial charge on any atom is 0.229 e. The predicted octanol–water partition coefficient (Wildman–Crippen LogP) is 5.84. The molecule has 0 spiro atoms. The normalized spacial score (nSPS) is 14.6. The average Bonchev–Trinajstić information content (AvgIpc) is 2.72. The number of ether oxygens (including phenoxy) is 1. The molecule has 172 valence electrons. The number of halogens is 1. The van der Waals surface area contributed by atoms with Crippen LogP contribution < -0.4 is 10.6 Å². The molecule has 0 fully saturated rings. The van der Waals surface area contributed by atoms with Gasteiger partial charge >= 0.3 is 0 Å². The molecule has 7 nitrogen and oxygen atoms in total. The minimum atomic E-state index is -3.49. The number of benzene rings is 1. The Kier molecular flexibility index (Phi) is 7.46. The van der Waals surface area contributed by atoms with Crippen LogP contribution in [0.5, 0.6) is 0 Å². The fourth-order valence-corrected chi connectivity index (χ4v) is 4.50. The van der Waals surface area contributed by atoms with Gasteiger partial charge < -0.3 is 15.4 Å². The highest BCUT2D eigenvalue weighted by molar-refractivity contribution is 7.92. The van der Waals surface area contributed by atoms with Crippen molar-refractivity contribution in [2.75, 3.05) is 10.6 Å². The minimum absolute atomic E-state index is 0.0340. The van der Waals surface area contributed by atoms with Crippen molar-refractivity contribution < 1.29 is 13.2 Å². The van der Waals surface area contributed by atoms with Gasteiger partial charge in [-0.1, -0.05) is 29.3 Å². The van der Waals surface area contributed by atoms with Crippen molar-refractivity contribution in [2.24, 2.45) is 0 Å². The number of nitrogens with one attached hydrogen (secondary N) is 2. The second-order valence-electron chi connectivity index (χ2n) is 8.23. The van der Waals surface area contributed by atoms with E-state index in [4.69, 9.17) is 16.3 Å². The second kappa shape index (κ2) is 9.92. The van der Waals surface area contributed by atoms with Crippen LogP contribution in [0.2, 0.25) is 5.02 Å². The van der Waals surface area contributed by atoms with Crippen molar-refractivity contribution >= 4 is 38.9 Å². The molecule has 0 aliphatic heterocycles. The summed E-state index contributed by atoms with van der Waals surface area (Å²) in [4.78, 5) is 8.97. The van der Waals surface area contributed by atoms with Crippen molar-refractivity contribution in [3.05, 3.63) is 58.6 Å². The summed E-state index contributed by atoms with van der Waals surface area (Å²) in [5.41, 5.74) is 2.54. The largest absolute Gasteiger partial charge is 0.489 e. The Bertz CT molecular complexity index is 1160. The first kappa shape index (κ1) is 24.1. The Morgan fingerprint density at radius 2 is 1.81 bits per heavy atom. The zero-order valence-corrected chi connectivity index (χ0v) is 20.5. The Morgan fingerprint density at radius 1 is 1.09 bits per heavy atom. The van der Waals surface area contributed by atoms with Crippen LogP contribution in [0.4, 0.5) is 17.5 Å². The first-order chi connectivity index (χ1) is 15.1. The summed E-state index contributed by atoms with van der Waals surface area (Å²) in [6, 6.07) is 6.71. The smallest absolute Gasteiger partial charge is 0.229 e. The fraction of sp³-hybridized carbons (Fsp3) is 0.391. The number of para-hydroxylation sites is 1. The molecule has 0 saturated heterocycles. The van der Waals surface area contributed by atoms with Gasteiger partial charge in [-0.15, -0.1) is 0 Å². The highest BCUT2D eigenvalue weighted by atomic mass is 35.5.